The number of nitrogens with one attached hydrogen (secondary N) is 1. The van der Waals surface area contributed by atoms with Crippen molar-refractivity contribution in [1.82, 2.24) is 14.8 Å². The largest absolute Gasteiger partial charge is 0.487 e. The monoisotopic (exact) mass is 394 g/mol. The number of hydrogen-bond donors (Lipinski definition) is 1. The fourth-order valence-electron chi connectivity index (χ4n) is 2.60. The van der Waals surface area contributed by atoms with Crippen molar-refractivity contribution in [1.29, 1.82) is 0 Å². The lowest BCUT2D eigenvalue weighted by Crippen LogP contribution is -2.10. The molecule has 1 N–H and O–H groups in total. The van der Waals surface area contributed by atoms with Crippen LogP contribution >= 0.6 is 11.3 Å². The molecule has 1 aromatic carbocycles. The van der Waals surface area contributed by atoms with E-state index in [1.54, 1.807) is 53.5 Å². The Labute approximate surface area is 165 Å². The molecule has 0 fully saturated rings. The number of nitrogens with zero attached hydrogens (tertiary/aromatic N) is 3. The molecule has 142 valence electrons. The average Bonchev–Trinajstić information content (AvgIpc) is 3.42. The molecule has 0 saturated carbocycles. The Morgan fingerprint density at radius 2 is 2.11 bits per heavy atom. The smallest absolute Gasteiger partial charge is 0.258 e. The number of benzene rings is 1. The lowest BCUT2D eigenvalue weighted by Gasteiger charge is -2.07. The number of rotatable bonds is 6. The van der Waals surface area contributed by atoms with Gasteiger partial charge in [0.2, 0.25) is 5.89 Å². The van der Waals surface area contributed by atoms with Crippen LogP contribution in [0.1, 0.15) is 21.8 Å². The summed E-state index contributed by atoms with van der Waals surface area (Å²) >= 11 is 1.60. The third-order valence-corrected chi connectivity index (χ3v) is 4.80. The Balaban J connectivity index is 1.37. The molecule has 0 bridgehead atoms. The third kappa shape index (κ3) is 3.96. The van der Waals surface area contributed by atoms with E-state index in [0.29, 0.717) is 29.5 Å². The van der Waals surface area contributed by atoms with Crippen LogP contribution in [0.25, 0.3) is 11.5 Å². The van der Waals surface area contributed by atoms with E-state index in [0.717, 1.165) is 17.0 Å². The lowest BCUT2D eigenvalue weighted by atomic mass is 10.2. The number of ether oxygens (including phenoxy) is 1. The standard InChI is InChI=1S/C20H18N4O3S/c1-13-18(23-20(27-13)14-7-8-28-12-14)11-26-17-5-3-16(4-6-17)22-19(25)15-9-21-24(2)10-15/h3-10,12H,11H2,1-2H3,(H,22,25). The van der Waals surface area contributed by atoms with E-state index < -0.39 is 0 Å². The minimum atomic E-state index is -0.207. The maximum atomic E-state index is 12.1. The normalized spacial score (nSPS) is 10.8. The van der Waals surface area contributed by atoms with Crippen molar-refractivity contribution >= 4 is 22.9 Å². The van der Waals surface area contributed by atoms with Crippen molar-refractivity contribution in [3.05, 3.63) is 70.5 Å². The van der Waals surface area contributed by atoms with Crippen LogP contribution in [0.5, 0.6) is 5.75 Å². The number of thiophene rings is 1. The molecule has 0 aliphatic heterocycles. The summed E-state index contributed by atoms with van der Waals surface area (Å²) in [6.07, 6.45) is 3.19. The molecule has 1 amide bonds. The first-order valence-corrected chi connectivity index (χ1v) is 9.54. The molecule has 7 nitrogen and oxygen atoms in total. The van der Waals surface area contributed by atoms with Gasteiger partial charge in [0.25, 0.3) is 5.91 Å². The predicted octanol–water partition coefficient (Wildman–Crippen LogP) is 4.28. The van der Waals surface area contributed by atoms with Crippen LogP contribution in [0, 0.1) is 6.92 Å². The number of aromatic nitrogens is 3. The topological polar surface area (TPSA) is 82.2 Å². The van der Waals surface area contributed by atoms with E-state index in [2.05, 4.69) is 15.4 Å². The van der Waals surface area contributed by atoms with Crippen LogP contribution < -0.4 is 10.1 Å². The summed E-state index contributed by atoms with van der Waals surface area (Å²) in [4.78, 5) is 16.7. The molecule has 0 aliphatic carbocycles. The van der Waals surface area contributed by atoms with E-state index in [9.17, 15) is 4.79 Å². The van der Waals surface area contributed by atoms with Crippen LogP contribution in [0.2, 0.25) is 0 Å². The highest BCUT2D eigenvalue weighted by Crippen LogP contribution is 2.25. The Morgan fingerprint density at radius 3 is 2.79 bits per heavy atom. The van der Waals surface area contributed by atoms with Gasteiger partial charge in [-0.15, -0.1) is 0 Å². The van der Waals surface area contributed by atoms with Gasteiger partial charge in [0.15, 0.2) is 0 Å². The minimum absolute atomic E-state index is 0.207. The second-order valence-electron chi connectivity index (χ2n) is 6.20. The molecule has 0 spiro atoms. The molecular weight excluding hydrogens is 376 g/mol. The summed E-state index contributed by atoms with van der Waals surface area (Å²) in [6, 6.07) is 9.15. The minimum Gasteiger partial charge on any atom is -0.487 e. The number of anilines is 1. The first-order chi connectivity index (χ1) is 13.6. The molecule has 4 aromatic rings. The van der Waals surface area contributed by atoms with Gasteiger partial charge in [-0.3, -0.25) is 9.48 Å². The molecule has 28 heavy (non-hydrogen) atoms. The molecule has 0 saturated heterocycles. The zero-order chi connectivity index (χ0) is 19.5. The highest BCUT2D eigenvalue weighted by atomic mass is 32.1. The second-order valence-corrected chi connectivity index (χ2v) is 6.98. The maximum Gasteiger partial charge on any atom is 0.258 e. The van der Waals surface area contributed by atoms with Gasteiger partial charge < -0.3 is 14.5 Å². The second kappa shape index (κ2) is 7.69. The maximum absolute atomic E-state index is 12.1. The van der Waals surface area contributed by atoms with Gasteiger partial charge >= 0.3 is 0 Å². The Morgan fingerprint density at radius 1 is 1.29 bits per heavy atom. The molecule has 0 aliphatic rings. The van der Waals surface area contributed by atoms with Gasteiger partial charge in [0.05, 0.1) is 11.8 Å². The van der Waals surface area contributed by atoms with Crippen molar-refractivity contribution in [3.8, 4) is 17.2 Å². The fourth-order valence-corrected chi connectivity index (χ4v) is 3.23. The van der Waals surface area contributed by atoms with E-state index in [4.69, 9.17) is 9.15 Å². The van der Waals surface area contributed by atoms with Gasteiger partial charge in [0, 0.05) is 29.9 Å². The summed E-state index contributed by atoms with van der Waals surface area (Å²) < 4.78 is 13.1. The lowest BCUT2D eigenvalue weighted by molar-refractivity contribution is 0.102. The number of carbonyl (C=O) groups is 1. The van der Waals surface area contributed by atoms with Crippen molar-refractivity contribution in [2.45, 2.75) is 13.5 Å². The first kappa shape index (κ1) is 18.0. The summed E-state index contributed by atoms with van der Waals surface area (Å²) in [7, 11) is 1.77. The molecule has 8 heteroatoms. The Kier molecular flexibility index (Phi) is 4.94. The summed E-state index contributed by atoms with van der Waals surface area (Å²) in [5, 5.41) is 10.8. The Hall–Kier alpha value is -3.39. The fraction of sp³-hybridized carbons (Fsp3) is 0.150. The van der Waals surface area contributed by atoms with E-state index in [-0.39, 0.29) is 5.91 Å². The number of oxazole rings is 1. The van der Waals surface area contributed by atoms with Gasteiger partial charge in [-0.05, 0) is 42.6 Å². The molecular formula is C20H18N4O3S. The molecule has 0 unspecified atom stereocenters. The van der Waals surface area contributed by atoms with Crippen molar-refractivity contribution in [2.24, 2.45) is 7.05 Å². The highest BCUT2D eigenvalue weighted by molar-refractivity contribution is 7.08. The molecule has 3 aromatic heterocycles. The Bertz CT molecular complexity index is 1080. The molecule has 0 radical (unpaired) electrons. The predicted molar refractivity (Wildman–Crippen MR) is 106 cm³/mol. The molecule has 3 heterocycles. The third-order valence-electron chi connectivity index (χ3n) is 4.12. The van der Waals surface area contributed by atoms with Gasteiger partial charge in [0.1, 0.15) is 23.8 Å². The quantitative estimate of drug-likeness (QED) is 0.528. The number of aryl methyl sites for hydroxylation is 2. The van der Waals surface area contributed by atoms with E-state index in [1.165, 1.54) is 6.20 Å². The van der Waals surface area contributed by atoms with Crippen molar-refractivity contribution < 1.29 is 13.9 Å². The van der Waals surface area contributed by atoms with Crippen LogP contribution in [0.15, 0.2) is 57.9 Å². The average molecular weight is 394 g/mol. The van der Waals surface area contributed by atoms with Crippen LogP contribution in [0.4, 0.5) is 5.69 Å². The van der Waals surface area contributed by atoms with Gasteiger partial charge in [-0.1, -0.05) is 0 Å². The highest BCUT2D eigenvalue weighted by Gasteiger charge is 2.13. The summed E-state index contributed by atoms with van der Waals surface area (Å²) in [6.45, 7) is 2.18. The van der Waals surface area contributed by atoms with Crippen LogP contribution in [-0.2, 0) is 13.7 Å². The number of amides is 1. The molecule has 4 rings (SSSR count). The van der Waals surface area contributed by atoms with Gasteiger partial charge in [-0.25, -0.2) is 4.98 Å². The number of carbonyl (C=O) groups excluding carboxylic acids is 1. The zero-order valence-electron chi connectivity index (χ0n) is 15.4. The summed E-state index contributed by atoms with van der Waals surface area (Å²) in [5.74, 6) is 1.81. The van der Waals surface area contributed by atoms with E-state index in [1.807, 2.05) is 23.8 Å². The van der Waals surface area contributed by atoms with Crippen LogP contribution in [-0.4, -0.2) is 20.7 Å². The zero-order valence-corrected chi connectivity index (χ0v) is 16.2. The first-order valence-electron chi connectivity index (χ1n) is 8.60. The molecule has 0 atom stereocenters. The van der Waals surface area contributed by atoms with Crippen LogP contribution in [0.3, 0.4) is 0 Å². The van der Waals surface area contributed by atoms with E-state index >= 15 is 0 Å². The van der Waals surface area contributed by atoms with Crippen molar-refractivity contribution in [3.63, 3.8) is 0 Å². The van der Waals surface area contributed by atoms with Gasteiger partial charge in [-0.2, -0.15) is 16.4 Å². The SMILES string of the molecule is Cc1oc(-c2ccsc2)nc1COc1ccc(NC(=O)c2cnn(C)c2)cc1. The number of hydrogen-bond acceptors (Lipinski definition) is 6. The van der Waals surface area contributed by atoms with Crippen molar-refractivity contribution in [2.75, 3.05) is 5.32 Å². The summed E-state index contributed by atoms with van der Waals surface area (Å²) in [5.41, 5.74) is 2.91.